The molecular weight excluding hydrogens is 426 g/mol. The van der Waals surface area contributed by atoms with Crippen LogP contribution in [0.1, 0.15) is 5.56 Å². The Morgan fingerprint density at radius 3 is 2.40 bits per heavy atom. The molecule has 30 heavy (non-hydrogen) atoms. The zero-order valence-corrected chi connectivity index (χ0v) is 18.9. The second-order valence-corrected chi connectivity index (χ2v) is 9.51. The molecule has 0 spiro atoms. The third-order valence-electron chi connectivity index (χ3n) is 5.25. The van der Waals surface area contributed by atoms with Crippen molar-refractivity contribution in [1.82, 2.24) is 4.90 Å². The average molecular weight is 452 g/mol. The third kappa shape index (κ3) is 4.82. The molecule has 1 aliphatic rings. The number of methoxy groups -OCH3 is 1. The van der Waals surface area contributed by atoms with Gasteiger partial charge in [-0.25, -0.2) is 8.42 Å². The number of piperazine rings is 1. The Morgan fingerprint density at radius 2 is 1.77 bits per heavy atom. The van der Waals surface area contributed by atoms with E-state index in [1.165, 1.54) is 0 Å². The predicted octanol–water partition coefficient (Wildman–Crippen LogP) is 2.77. The molecule has 1 amide bonds. The summed E-state index contributed by atoms with van der Waals surface area (Å²) in [6.45, 7) is 3.77. The highest BCUT2D eigenvalue weighted by atomic mass is 35.5. The normalized spacial score (nSPS) is 14.5. The topological polar surface area (TPSA) is 70.2 Å². The smallest absolute Gasteiger partial charge is 0.243 e. The highest BCUT2D eigenvalue weighted by molar-refractivity contribution is 7.92. The van der Waals surface area contributed by atoms with Gasteiger partial charge in [-0.05, 0) is 36.8 Å². The summed E-state index contributed by atoms with van der Waals surface area (Å²) in [5, 5.41) is 0.457. The van der Waals surface area contributed by atoms with E-state index in [1.807, 2.05) is 24.3 Å². The summed E-state index contributed by atoms with van der Waals surface area (Å²) in [7, 11) is -2.02. The SMILES string of the molecule is COc1ccccc1N1CCN(C(=O)CN(c2cccc(Cl)c2C)S(C)(=O)=O)CC1. The summed E-state index contributed by atoms with van der Waals surface area (Å²) in [4.78, 5) is 16.8. The first-order chi connectivity index (χ1) is 14.2. The van der Waals surface area contributed by atoms with E-state index in [1.54, 1.807) is 37.1 Å². The maximum atomic E-state index is 12.9. The summed E-state index contributed by atoms with van der Waals surface area (Å²) in [6, 6.07) is 12.8. The van der Waals surface area contributed by atoms with E-state index in [4.69, 9.17) is 16.3 Å². The molecule has 2 aromatic carbocycles. The van der Waals surface area contributed by atoms with E-state index < -0.39 is 10.0 Å². The first-order valence-electron chi connectivity index (χ1n) is 9.61. The Labute approximate surface area is 182 Å². The lowest BCUT2D eigenvalue weighted by Crippen LogP contribution is -2.52. The van der Waals surface area contributed by atoms with Crippen molar-refractivity contribution in [1.29, 1.82) is 0 Å². The molecular formula is C21H26ClN3O4S. The van der Waals surface area contributed by atoms with E-state index in [2.05, 4.69) is 4.90 Å². The van der Waals surface area contributed by atoms with Crippen LogP contribution >= 0.6 is 11.6 Å². The Balaban J connectivity index is 1.71. The summed E-state index contributed by atoms with van der Waals surface area (Å²) < 4.78 is 31.4. The molecule has 0 aliphatic carbocycles. The fourth-order valence-corrected chi connectivity index (χ4v) is 4.63. The van der Waals surface area contributed by atoms with Gasteiger partial charge in [0.1, 0.15) is 12.3 Å². The molecule has 0 bridgehead atoms. The van der Waals surface area contributed by atoms with Gasteiger partial charge in [-0.2, -0.15) is 0 Å². The lowest BCUT2D eigenvalue weighted by molar-refractivity contribution is -0.129. The lowest BCUT2D eigenvalue weighted by atomic mass is 10.2. The van der Waals surface area contributed by atoms with Gasteiger partial charge in [-0.15, -0.1) is 0 Å². The number of carbonyl (C=O) groups is 1. The Hall–Kier alpha value is -2.45. The molecule has 2 aromatic rings. The van der Waals surface area contributed by atoms with Gasteiger partial charge in [-0.1, -0.05) is 29.8 Å². The van der Waals surface area contributed by atoms with E-state index >= 15 is 0 Å². The molecule has 0 aromatic heterocycles. The van der Waals surface area contributed by atoms with Gasteiger partial charge in [0, 0.05) is 31.2 Å². The molecule has 0 N–H and O–H groups in total. The standard InChI is InChI=1S/C21H26ClN3O4S/c1-16-17(22)7-6-9-18(16)25(30(3,27)28)15-21(26)24-13-11-23(12-14-24)19-8-4-5-10-20(19)29-2/h4-10H,11-15H2,1-3H3. The van der Waals surface area contributed by atoms with Crippen LogP contribution in [0.2, 0.25) is 5.02 Å². The number of nitrogens with zero attached hydrogens (tertiary/aromatic N) is 3. The molecule has 1 aliphatic heterocycles. The minimum Gasteiger partial charge on any atom is -0.495 e. The number of hydrogen-bond donors (Lipinski definition) is 0. The minimum atomic E-state index is -3.65. The maximum absolute atomic E-state index is 12.9. The van der Waals surface area contributed by atoms with Crippen molar-refractivity contribution in [2.24, 2.45) is 0 Å². The average Bonchev–Trinajstić information content (AvgIpc) is 2.73. The molecule has 0 saturated carbocycles. The van der Waals surface area contributed by atoms with E-state index in [0.717, 1.165) is 22.0 Å². The number of halogens is 1. The first kappa shape index (κ1) is 22.2. The van der Waals surface area contributed by atoms with Crippen LogP contribution in [0.3, 0.4) is 0 Å². The van der Waals surface area contributed by atoms with Gasteiger partial charge in [0.2, 0.25) is 15.9 Å². The summed E-state index contributed by atoms with van der Waals surface area (Å²) in [6.07, 6.45) is 1.10. The van der Waals surface area contributed by atoms with Crippen molar-refractivity contribution >= 4 is 38.9 Å². The zero-order chi connectivity index (χ0) is 21.9. The molecule has 0 unspecified atom stereocenters. The van der Waals surface area contributed by atoms with Crippen molar-refractivity contribution < 1.29 is 17.9 Å². The number of carbonyl (C=O) groups excluding carboxylic acids is 1. The second kappa shape index (κ2) is 9.14. The Morgan fingerprint density at radius 1 is 1.10 bits per heavy atom. The summed E-state index contributed by atoms with van der Waals surface area (Å²) in [5.74, 6) is 0.552. The van der Waals surface area contributed by atoms with Crippen LogP contribution in [0, 0.1) is 6.92 Å². The molecule has 9 heteroatoms. The van der Waals surface area contributed by atoms with Crippen LogP contribution < -0.4 is 13.9 Å². The van der Waals surface area contributed by atoms with E-state index in [-0.39, 0.29) is 12.5 Å². The van der Waals surface area contributed by atoms with Crippen molar-refractivity contribution in [2.75, 3.05) is 55.3 Å². The monoisotopic (exact) mass is 451 g/mol. The van der Waals surface area contributed by atoms with Crippen molar-refractivity contribution in [3.63, 3.8) is 0 Å². The van der Waals surface area contributed by atoms with Crippen LogP contribution in [0.5, 0.6) is 5.75 Å². The number of anilines is 2. The molecule has 1 heterocycles. The molecule has 7 nitrogen and oxygen atoms in total. The summed E-state index contributed by atoms with van der Waals surface area (Å²) in [5.41, 5.74) is 2.03. The molecule has 1 saturated heterocycles. The minimum absolute atomic E-state index is 0.237. The number of ether oxygens (including phenoxy) is 1. The van der Waals surface area contributed by atoms with Crippen LogP contribution in [-0.2, 0) is 14.8 Å². The van der Waals surface area contributed by atoms with E-state index in [0.29, 0.717) is 42.5 Å². The zero-order valence-electron chi connectivity index (χ0n) is 17.3. The first-order valence-corrected chi connectivity index (χ1v) is 11.8. The molecule has 1 fully saturated rings. The molecule has 3 rings (SSSR count). The second-order valence-electron chi connectivity index (χ2n) is 7.19. The number of rotatable bonds is 6. The van der Waals surface area contributed by atoms with Gasteiger partial charge >= 0.3 is 0 Å². The third-order valence-corrected chi connectivity index (χ3v) is 6.78. The van der Waals surface area contributed by atoms with Gasteiger partial charge in [0.05, 0.1) is 24.7 Å². The van der Waals surface area contributed by atoms with Crippen molar-refractivity contribution in [2.45, 2.75) is 6.92 Å². The van der Waals surface area contributed by atoms with Gasteiger partial charge in [0.25, 0.3) is 0 Å². The van der Waals surface area contributed by atoms with Crippen LogP contribution in [0.25, 0.3) is 0 Å². The van der Waals surface area contributed by atoms with Gasteiger partial charge in [-0.3, -0.25) is 9.10 Å². The Kier molecular flexibility index (Phi) is 6.77. The summed E-state index contributed by atoms with van der Waals surface area (Å²) >= 11 is 6.16. The predicted molar refractivity (Wildman–Crippen MR) is 120 cm³/mol. The lowest BCUT2D eigenvalue weighted by Gasteiger charge is -2.37. The molecule has 162 valence electrons. The van der Waals surface area contributed by atoms with Crippen LogP contribution in [0.4, 0.5) is 11.4 Å². The highest BCUT2D eigenvalue weighted by Crippen LogP contribution is 2.30. The van der Waals surface area contributed by atoms with E-state index in [9.17, 15) is 13.2 Å². The highest BCUT2D eigenvalue weighted by Gasteiger charge is 2.28. The van der Waals surface area contributed by atoms with Crippen molar-refractivity contribution in [3.05, 3.63) is 53.1 Å². The van der Waals surface area contributed by atoms with Gasteiger partial charge in [0.15, 0.2) is 0 Å². The number of benzene rings is 2. The number of para-hydroxylation sites is 2. The van der Waals surface area contributed by atoms with Crippen molar-refractivity contribution in [3.8, 4) is 5.75 Å². The largest absolute Gasteiger partial charge is 0.495 e. The number of sulfonamides is 1. The molecule has 0 atom stereocenters. The maximum Gasteiger partial charge on any atom is 0.243 e. The molecule has 0 radical (unpaired) electrons. The number of amides is 1. The fourth-order valence-electron chi connectivity index (χ4n) is 3.56. The quantitative estimate of drug-likeness (QED) is 0.675. The van der Waals surface area contributed by atoms with Crippen LogP contribution in [0.15, 0.2) is 42.5 Å². The number of hydrogen-bond acceptors (Lipinski definition) is 5. The van der Waals surface area contributed by atoms with Gasteiger partial charge < -0.3 is 14.5 Å². The Bertz CT molecular complexity index is 1020. The fraction of sp³-hybridized carbons (Fsp3) is 0.381. The van der Waals surface area contributed by atoms with Crippen LogP contribution in [-0.4, -0.2) is 65.3 Å².